The Morgan fingerprint density at radius 1 is 1.00 bits per heavy atom. The summed E-state index contributed by atoms with van der Waals surface area (Å²) in [5, 5.41) is 4.06. The lowest BCUT2D eigenvalue weighted by atomic mass is 9.88. The molecule has 3 aromatic rings. The van der Waals surface area contributed by atoms with Gasteiger partial charge in [-0.2, -0.15) is 0 Å². The minimum absolute atomic E-state index is 0.115. The Morgan fingerprint density at radius 2 is 1.70 bits per heavy atom. The molecule has 0 spiro atoms. The van der Waals surface area contributed by atoms with Gasteiger partial charge in [0.1, 0.15) is 0 Å². The first-order valence-corrected chi connectivity index (χ1v) is 16.2. The molecule has 8 nitrogen and oxygen atoms in total. The van der Waals surface area contributed by atoms with E-state index in [2.05, 4.69) is 28.5 Å². The van der Waals surface area contributed by atoms with E-state index >= 15 is 0 Å². The van der Waals surface area contributed by atoms with Crippen LogP contribution in [0.2, 0.25) is 0 Å². The molecule has 0 radical (unpaired) electrons. The molecule has 214 valence electrons. The first-order chi connectivity index (χ1) is 19.3. The lowest BCUT2D eigenvalue weighted by molar-refractivity contribution is -0.125. The van der Waals surface area contributed by atoms with Crippen LogP contribution in [0.4, 0.5) is 0 Å². The number of rotatable bonds is 9. The zero-order valence-electron chi connectivity index (χ0n) is 23.2. The summed E-state index contributed by atoms with van der Waals surface area (Å²) in [5.74, 6) is 0.169. The summed E-state index contributed by atoms with van der Waals surface area (Å²) in [6.45, 7) is 3.30. The number of hydrogen-bond donors (Lipinski definition) is 3. The molecule has 2 amide bonds. The largest absolute Gasteiger partial charge is 0.366 e. The highest BCUT2D eigenvalue weighted by Gasteiger charge is 2.29. The predicted octanol–water partition coefficient (Wildman–Crippen LogP) is 4.70. The molecule has 1 aliphatic heterocycles. The van der Waals surface area contributed by atoms with Crippen molar-refractivity contribution in [2.24, 2.45) is 11.7 Å². The van der Waals surface area contributed by atoms with E-state index in [-0.39, 0.29) is 23.5 Å². The molecule has 0 bridgehead atoms. The number of nitrogens with two attached hydrogens (primary N) is 1. The lowest BCUT2D eigenvalue weighted by Crippen LogP contribution is -2.38. The molecule has 1 aromatic heterocycles. The van der Waals surface area contributed by atoms with Crippen LogP contribution in [-0.4, -0.2) is 54.9 Å². The van der Waals surface area contributed by atoms with Crippen LogP contribution in [0.5, 0.6) is 0 Å². The molecular formula is C31H40N4O4S. The maximum Gasteiger partial charge on any atom is 0.250 e. The van der Waals surface area contributed by atoms with E-state index in [0.717, 1.165) is 78.1 Å². The second-order valence-electron chi connectivity index (χ2n) is 11.2. The standard InChI is InChI=1S/C31H40N4O4S/c1-2-40(38,39)35-16-13-23(14-17-35)28-20-34-29-26(28)18-25(19-27(29)30(32)36)22-10-8-21(9-11-22)12-15-33-31(37)24-6-4-3-5-7-24/h8-11,18-20,23-24,34H,2-7,12-17H2,1H3,(H2,32,36)(H,33,37). The summed E-state index contributed by atoms with van der Waals surface area (Å²) in [6.07, 6.45) is 9.70. The number of primary amides is 1. The lowest BCUT2D eigenvalue weighted by Gasteiger charge is -2.31. The number of benzene rings is 2. The van der Waals surface area contributed by atoms with Crippen molar-refractivity contribution in [3.8, 4) is 11.1 Å². The summed E-state index contributed by atoms with van der Waals surface area (Å²) >= 11 is 0. The highest BCUT2D eigenvalue weighted by Crippen LogP contribution is 2.37. The highest BCUT2D eigenvalue weighted by molar-refractivity contribution is 7.89. The van der Waals surface area contributed by atoms with Gasteiger partial charge in [0.25, 0.3) is 5.91 Å². The Hall–Kier alpha value is -3.17. The van der Waals surface area contributed by atoms with E-state index < -0.39 is 15.9 Å². The fraction of sp³-hybridized carbons (Fsp3) is 0.484. The monoisotopic (exact) mass is 564 g/mol. The van der Waals surface area contributed by atoms with Crippen molar-refractivity contribution < 1.29 is 18.0 Å². The van der Waals surface area contributed by atoms with Crippen LogP contribution < -0.4 is 11.1 Å². The number of H-pyrrole nitrogens is 1. The normalized spacial score (nSPS) is 17.7. The van der Waals surface area contributed by atoms with Gasteiger partial charge in [0.2, 0.25) is 15.9 Å². The quantitative estimate of drug-likeness (QED) is 0.348. The number of carbonyl (C=O) groups is 2. The van der Waals surface area contributed by atoms with Crippen LogP contribution in [0.25, 0.3) is 22.0 Å². The molecule has 2 aliphatic rings. The number of fused-ring (bicyclic) bond motifs is 1. The number of nitrogens with one attached hydrogen (secondary N) is 2. The van der Waals surface area contributed by atoms with E-state index in [1.54, 1.807) is 11.2 Å². The van der Waals surface area contributed by atoms with Crippen LogP contribution in [-0.2, 0) is 21.2 Å². The van der Waals surface area contributed by atoms with Crippen molar-refractivity contribution in [2.75, 3.05) is 25.4 Å². The van der Waals surface area contributed by atoms with E-state index in [1.165, 1.54) is 6.42 Å². The fourth-order valence-electron chi connectivity index (χ4n) is 6.28. The molecule has 40 heavy (non-hydrogen) atoms. The number of piperidine rings is 1. The van der Waals surface area contributed by atoms with Crippen molar-refractivity contribution in [2.45, 2.75) is 64.2 Å². The smallest absolute Gasteiger partial charge is 0.250 e. The first-order valence-electron chi connectivity index (χ1n) is 14.6. The number of amides is 2. The zero-order valence-corrected chi connectivity index (χ0v) is 24.1. The number of sulfonamides is 1. The molecule has 2 fully saturated rings. The summed E-state index contributed by atoms with van der Waals surface area (Å²) < 4.78 is 26.2. The van der Waals surface area contributed by atoms with E-state index in [9.17, 15) is 18.0 Å². The second-order valence-corrected chi connectivity index (χ2v) is 13.5. The van der Waals surface area contributed by atoms with Gasteiger partial charge in [-0.1, -0.05) is 43.5 Å². The van der Waals surface area contributed by atoms with E-state index in [1.807, 2.05) is 24.4 Å². The minimum atomic E-state index is -3.19. The van der Waals surface area contributed by atoms with Crippen LogP contribution in [0.1, 0.15) is 79.3 Å². The molecule has 1 saturated heterocycles. The highest BCUT2D eigenvalue weighted by atomic mass is 32.2. The van der Waals surface area contributed by atoms with Crippen LogP contribution in [0.3, 0.4) is 0 Å². The average Bonchev–Trinajstić information content (AvgIpc) is 3.41. The van der Waals surface area contributed by atoms with Gasteiger partial charge in [-0.25, -0.2) is 12.7 Å². The number of aromatic amines is 1. The molecular weight excluding hydrogens is 524 g/mol. The van der Waals surface area contributed by atoms with Gasteiger partial charge in [-0.15, -0.1) is 0 Å². The molecule has 0 atom stereocenters. The topological polar surface area (TPSA) is 125 Å². The van der Waals surface area contributed by atoms with Gasteiger partial charge in [-0.05, 0) is 79.3 Å². The Labute approximate surface area is 236 Å². The SMILES string of the molecule is CCS(=O)(=O)N1CCC(c2c[nH]c3c(C(N)=O)cc(-c4ccc(CCNC(=O)C5CCCCC5)cc4)cc23)CC1. The molecule has 1 saturated carbocycles. The summed E-state index contributed by atoms with van der Waals surface area (Å²) in [4.78, 5) is 28.1. The minimum Gasteiger partial charge on any atom is -0.366 e. The molecule has 5 rings (SSSR count). The van der Waals surface area contributed by atoms with Gasteiger partial charge in [0.05, 0.1) is 16.8 Å². The summed E-state index contributed by atoms with van der Waals surface area (Å²) in [7, 11) is -3.19. The Morgan fingerprint density at radius 3 is 2.35 bits per heavy atom. The Kier molecular flexibility index (Phi) is 8.61. The third kappa shape index (κ3) is 6.10. The van der Waals surface area contributed by atoms with Crippen molar-refractivity contribution in [3.05, 3.63) is 59.3 Å². The average molecular weight is 565 g/mol. The van der Waals surface area contributed by atoms with Gasteiger partial charge in [-0.3, -0.25) is 9.59 Å². The Bertz CT molecular complexity index is 1460. The zero-order chi connectivity index (χ0) is 28.3. The maximum absolute atomic E-state index is 12.4. The van der Waals surface area contributed by atoms with Gasteiger partial charge >= 0.3 is 0 Å². The number of aromatic nitrogens is 1. The first kappa shape index (κ1) is 28.4. The molecule has 9 heteroatoms. The van der Waals surface area contributed by atoms with Crippen LogP contribution in [0.15, 0.2) is 42.6 Å². The van der Waals surface area contributed by atoms with Gasteiger partial charge < -0.3 is 16.0 Å². The molecule has 2 aromatic carbocycles. The number of carbonyl (C=O) groups excluding carboxylic acids is 2. The third-order valence-corrected chi connectivity index (χ3v) is 10.6. The second kappa shape index (κ2) is 12.1. The van der Waals surface area contributed by atoms with Crippen molar-refractivity contribution >= 4 is 32.7 Å². The molecule has 2 heterocycles. The number of hydrogen-bond acceptors (Lipinski definition) is 4. The van der Waals surface area contributed by atoms with Crippen molar-refractivity contribution in [1.82, 2.24) is 14.6 Å². The summed E-state index contributed by atoms with van der Waals surface area (Å²) in [6, 6.07) is 12.2. The van der Waals surface area contributed by atoms with Crippen LogP contribution >= 0.6 is 0 Å². The van der Waals surface area contributed by atoms with Crippen LogP contribution in [0, 0.1) is 5.92 Å². The molecule has 0 unspecified atom stereocenters. The number of nitrogens with zero attached hydrogens (tertiary/aromatic N) is 1. The fourth-order valence-corrected chi connectivity index (χ4v) is 7.41. The van der Waals surface area contributed by atoms with Crippen molar-refractivity contribution in [3.63, 3.8) is 0 Å². The van der Waals surface area contributed by atoms with Gasteiger partial charge in [0, 0.05) is 37.1 Å². The van der Waals surface area contributed by atoms with E-state index in [0.29, 0.717) is 25.2 Å². The van der Waals surface area contributed by atoms with Crippen molar-refractivity contribution in [1.29, 1.82) is 0 Å². The molecule has 1 aliphatic carbocycles. The van der Waals surface area contributed by atoms with E-state index in [4.69, 9.17) is 5.73 Å². The summed E-state index contributed by atoms with van der Waals surface area (Å²) in [5.41, 5.74) is 11.1. The van der Waals surface area contributed by atoms with Gasteiger partial charge in [0.15, 0.2) is 0 Å². The molecule has 4 N–H and O–H groups in total. The third-order valence-electron chi connectivity index (χ3n) is 8.71. The maximum atomic E-state index is 12.4. The predicted molar refractivity (Wildman–Crippen MR) is 159 cm³/mol. The Balaban J connectivity index is 1.31.